The molecule has 0 amide bonds. The molecule has 1 aromatic rings. The summed E-state index contributed by atoms with van der Waals surface area (Å²) in [5.41, 5.74) is -0.363. The van der Waals surface area contributed by atoms with Gasteiger partial charge in [0, 0.05) is 12.0 Å². The van der Waals surface area contributed by atoms with E-state index in [9.17, 15) is 18.0 Å². The van der Waals surface area contributed by atoms with Gasteiger partial charge in [0.05, 0.1) is 13.2 Å². The lowest BCUT2D eigenvalue weighted by Crippen LogP contribution is -2.27. The van der Waals surface area contributed by atoms with Crippen LogP contribution < -0.4 is 5.56 Å². The van der Waals surface area contributed by atoms with Crippen LogP contribution in [0, 0.1) is 0 Å². The van der Waals surface area contributed by atoms with Crippen LogP contribution in [0.4, 0.5) is 13.2 Å². The van der Waals surface area contributed by atoms with E-state index < -0.39 is 12.8 Å². The number of nitrogens with zero attached hydrogens (tertiary/aromatic N) is 2. The van der Waals surface area contributed by atoms with Gasteiger partial charge in [-0.2, -0.15) is 13.2 Å². The van der Waals surface area contributed by atoms with Crippen LogP contribution in [-0.2, 0) is 11.3 Å². The predicted octanol–water partition coefficient (Wildman–Crippen LogP) is 2.35. The van der Waals surface area contributed by atoms with Gasteiger partial charge in [0.25, 0.3) is 5.56 Å². The second-order valence-electron chi connectivity index (χ2n) is 4.37. The molecule has 0 unspecified atom stereocenters. The molecule has 0 N–H and O–H groups in total. The van der Waals surface area contributed by atoms with Gasteiger partial charge in [-0.1, -0.05) is 11.6 Å². The van der Waals surface area contributed by atoms with Gasteiger partial charge in [-0.15, -0.1) is 0 Å². The fourth-order valence-electron chi connectivity index (χ4n) is 1.72. The summed E-state index contributed by atoms with van der Waals surface area (Å²) in [6.07, 6.45) is -2.53. The molecule has 1 saturated carbocycles. The Morgan fingerprint density at radius 2 is 2.16 bits per heavy atom. The van der Waals surface area contributed by atoms with Crippen molar-refractivity contribution in [2.75, 3.05) is 13.2 Å². The maximum Gasteiger partial charge on any atom is 0.411 e. The summed E-state index contributed by atoms with van der Waals surface area (Å²) in [5, 5.41) is 0.111. The molecule has 0 spiro atoms. The molecule has 1 aliphatic rings. The minimum atomic E-state index is -4.36. The Labute approximate surface area is 112 Å². The molecule has 19 heavy (non-hydrogen) atoms. The molecular weight excluding hydrogens is 285 g/mol. The summed E-state index contributed by atoms with van der Waals surface area (Å²) in [7, 11) is 0. The fraction of sp³-hybridized carbons (Fsp3) is 0.636. The van der Waals surface area contributed by atoms with E-state index in [2.05, 4.69) is 9.72 Å². The van der Waals surface area contributed by atoms with E-state index in [1.54, 1.807) is 0 Å². The number of halogens is 4. The third-order valence-electron chi connectivity index (χ3n) is 2.67. The standard InChI is InChI=1S/C11H12ClF3N2O2/c12-8-5-9(18)17(10(16-8)7-1-2-7)3-4-19-6-11(13,14)15/h5,7H,1-4,6H2. The van der Waals surface area contributed by atoms with Crippen LogP contribution in [0.3, 0.4) is 0 Å². The summed E-state index contributed by atoms with van der Waals surface area (Å²) in [4.78, 5) is 15.8. The smallest absolute Gasteiger partial charge is 0.370 e. The van der Waals surface area contributed by atoms with Crippen molar-refractivity contribution in [2.45, 2.75) is 31.5 Å². The molecule has 0 aromatic carbocycles. The minimum Gasteiger partial charge on any atom is -0.370 e. The molecule has 1 aliphatic carbocycles. The molecule has 4 nitrogen and oxygen atoms in total. The number of alkyl halides is 3. The zero-order chi connectivity index (χ0) is 14.0. The number of aromatic nitrogens is 2. The summed E-state index contributed by atoms with van der Waals surface area (Å²) < 4.78 is 41.6. The van der Waals surface area contributed by atoms with Crippen LogP contribution in [0.1, 0.15) is 24.6 Å². The van der Waals surface area contributed by atoms with Gasteiger partial charge in [-0.05, 0) is 12.8 Å². The number of hydrogen-bond acceptors (Lipinski definition) is 3. The lowest BCUT2D eigenvalue weighted by molar-refractivity contribution is -0.174. The highest BCUT2D eigenvalue weighted by molar-refractivity contribution is 6.29. The first-order valence-corrected chi connectivity index (χ1v) is 6.16. The zero-order valence-electron chi connectivity index (χ0n) is 9.91. The summed E-state index contributed by atoms with van der Waals surface area (Å²) in [6, 6.07) is 1.15. The van der Waals surface area contributed by atoms with Crippen molar-refractivity contribution in [3.8, 4) is 0 Å². The van der Waals surface area contributed by atoms with E-state index >= 15 is 0 Å². The third-order valence-corrected chi connectivity index (χ3v) is 2.87. The summed E-state index contributed by atoms with van der Waals surface area (Å²) in [5.74, 6) is 0.710. The van der Waals surface area contributed by atoms with Gasteiger partial charge in [-0.3, -0.25) is 9.36 Å². The van der Waals surface area contributed by atoms with Gasteiger partial charge in [0.2, 0.25) is 0 Å². The van der Waals surface area contributed by atoms with E-state index in [0.29, 0.717) is 5.82 Å². The van der Waals surface area contributed by atoms with Crippen LogP contribution in [0.15, 0.2) is 10.9 Å². The Bertz CT molecular complexity index is 512. The van der Waals surface area contributed by atoms with Crippen LogP contribution in [0.5, 0.6) is 0 Å². The van der Waals surface area contributed by atoms with Crippen LogP contribution >= 0.6 is 11.6 Å². The van der Waals surface area contributed by atoms with E-state index in [0.717, 1.165) is 18.9 Å². The van der Waals surface area contributed by atoms with Gasteiger partial charge >= 0.3 is 6.18 Å². The normalized spacial score (nSPS) is 15.8. The highest BCUT2D eigenvalue weighted by atomic mass is 35.5. The molecule has 1 fully saturated rings. The maximum absolute atomic E-state index is 11.9. The van der Waals surface area contributed by atoms with Gasteiger partial charge in [0.15, 0.2) is 0 Å². The highest BCUT2D eigenvalue weighted by Crippen LogP contribution is 2.38. The quantitative estimate of drug-likeness (QED) is 0.619. The summed E-state index contributed by atoms with van der Waals surface area (Å²) >= 11 is 5.71. The first-order chi connectivity index (χ1) is 8.87. The molecular formula is C11H12ClF3N2O2. The maximum atomic E-state index is 11.9. The van der Waals surface area contributed by atoms with Crippen molar-refractivity contribution >= 4 is 11.6 Å². The Morgan fingerprint density at radius 3 is 2.74 bits per heavy atom. The summed E-state index contributed by atoms with van der Waals surface area (Å²) in [6.45, 7) is -1.46. The molecule has 0 atom stereocenters. The zero-order valence-corrected chi connectivity index (χ0v) is 10.7. The molecule has 2 rings (SSSR count). The Kier molecular flexibility index (Phi) is 4.15. The number of rotatable bonds is 5. The van der Waals surface area contributed by atoms with Gasteiger partial charge in [0.1, 0.15) is 17.6 Å². The van der Waals surface area contributed by atoms with Crippen molar-refractivity contribution in [3.63, 3.8) is 0 Å². The van der Waals surface area contributed by atoms with Crippen LogP contribution in [0.25, 0.3) is 0 Å². The number of ether oxygens (including phenoxy) is 1. The van der Waals surface area contributed by atoms with Crippen molar-refractivity contribution in [1.29, 1.82) is 0 Å². The predicted molar refractivity (Wildman–Crippen MR) is 62.4 cm³/mol. The van der Waals surface area contributed by atoms with Crippen molar-refractivity contribution in [2.24, 2.45) is 0 Å². The van der Waals surface area contributed by atoms with E-state index in [-0.39, 0.29) is 29.8 Å². The van der Waals surface area contributed by atoms with Crippen LogP contribution in [0.2, 0.25) is 5.15 Å². The van der Waals surface area contributed by atoms with Crippen molar-refractivity contribution in [1.82, 2.24) is 9.55 Å². The monoisotopic (exact) mass is 296 g/mol. The van der Waals surface area contributed by atoms with E-state index in [1.165, 1.54) is 4.57 Å². The van der Waals surface area contributed by atoms with Gasteiger partial charge < -0.3 is 4.74 Å². The topological polar surface area (TPSA) is 44.1 Å². The molecule has 0 bridgehead atoms. The van der Waals surface area contributed by atoms with Crippen LogP contribution in [-0.4, -0.2) is 28.9 Å². The average molecular weight is 297 g/mol. The first kappa shape index (κ1) is 14.3. The molecule has 0 radical (unpaired) electrons. The molecule has 1 heterocycles. The Hall–Kier alpha value is -1.08. The first-order valence-electron chi connectivity index (χ1n) is 5.78. The number of hydrogen-bond donors (Lipinski definition) is 0. The average Bonchev–Trinajstić information content (AvgIpc) is 3.08. The van der Waals surface area contributed by atoms with Gasteiger partial charge in [-0.25, -0.2) is 4.98 Å². The SMILES string of the molecule is O=c1cc(Cl)nc(C2CC2)n1CCOCC(F)(F)F. The van der Waals surface area contributed by atoms with E-state index in [1.807, 2.05) is 0 Å². The van der Waals surface area contributed by atoms with Crippen molar-refractivity contribution in [3.05, 3.63) is 27.4 Å². The molecule has 106 valence electrons. The Balaban J connectivity index is 2.01. The fourth-order valence-corrected chi connectivity index (χ4v) is 1.90. The van der Waals surface area contributed by atoms with E-state index in [4.69, 9.17) is 11.6 Å². The minimum absolute atomic E-state index is 0.0465. The molecule has 0 aliphatic heterocycles. The lowest BCUT2D eigenvalue weighted by atomic mass is 10.3. The largest absolute Gasteiger partial charge is 0.411 e. The second kappa shape index (κ2) is 5.50. The molecule has 1 aromatic heterocycles. The molecule has 0 saturated heterocycles. The molecule has 8 heteroatoms. The lowest BCUT2D eigenvalue weighted by Gasteiger charge is -2.12. The van der Waals surface area contributed by atoms with Crippen molar-refractivity contribution < 1.29 is 17.9 Å². The highest BCUT2D eigenvalue weighted by Gasteiger charge is 2.29. The second-order valence-corrected chi connectivity index (χ2v) is 4.76. The Morgan fingerprint density at radius 1 is 1.47 bits per heavy atom. The third kappa shape index (κ3) is 4.21.